The van der Waals surface area contributed by atoms with E-state index in [9.17, 15) is 0 Å². The van der Waals surface area contributed by atoms with Crippen molar-refractivity contribution in [3.05, 3.63) is 29.3 Å². The third-order valence-corrected chi connectivity index (χ3v) is 4.00. The van der Waals surface area contributed by atoms with Crippen LogP contribution in [-0.4, -0.2) is 25.2 Å². The summed E-state index contributed by atoms with van der Waals surface area (Å²) < 4.78 is 0. The number of nitrogens with zero attached hydrogens (tertiary/aromatic N) is 1. The fourth-order valence-corrected chi connectivity index (χ4v) is 2.92. The van der Waals surface area contributed by atoms with Crippen LogP contribution in [0.15, 0.2) is 24.3 Å². The number of rotatable bonds is 2. The van der Waals surface area contributed by atoms with Crippen LogP contribution in [-0.2, 0) is 0 Å². The lowest BCUT2D eigenvalue weighted by atomic mass is 9.95. The molecule has 1 N–H and O–H groups in total. The fourth-order valence-electron chi connectivity index (χ4n) is 2.69. The molecule has 1 unspecified atom stereocenters. The molecular weight excluding hydrogens is 220 g/mol. The average Bonchev–Trinajstić information content (AvgIpc) is 2.54. The highest BCUT2D eigenvalue weighted by Gasteiger charge is 2.40. The van der Waals surface area contributed by atoms with E-state index in [-0.39, 0.29) is 5.54 Å². The molecule has 1 heterocycles. The molecule has 0 saturated carbocycles. The van der Waals surface area contributed by atoms with E-state index in [4.69, 9.17) is 11.6 Å². The van der Waals surface area contributed by atoms with E-state index in [2.05, 4.69) is 30.1 Å². The second-order valence-electron chi connectivity index (χ2n) is 4.89. The molecule has 1 aliphatic heterocycles. The van der Waals surface area contributed by atoms with Crippen molar-refractivity contribution in [1.29, 1.82) is 0 Å². The number of para-hydroxylation sites is 1. The number of hydrogen-bond donors (Lipinski definition) is 1. The van der Waals surface area contributed by atoms with Gasteiger partial charge in [-0.1, -0.05) is 23.7 Å². The molecule has 2 nitrogen and oxygen atoms in total. The van der Waals surface area contributed by atoms with E-state index >= 15 is 0 Å². The molecule has 0 aliphatic carbocycles. The van der Waals surface area contributed by atoms with Gasteiger partial charge in [-0.3, -0.25) is 0 Å². The van der Waals surface area contributed by atoms with Gasteiger partial charge in [0, 0.05) is 18.1 Å². The van der Waals surface area contributed by atoms with Crippen LogP contribution in [0.5, 0.6) is 0 Å². The van der Waals surface area contributed by atoms with Crippen molar-refractivity contribution >= 4 is 17.3 Å². The lowest BCUT2D eigenvalue weighted by Crippen LogP contribution is -2.50. The first kappa shape index (κ1) is 11.7. The number of benzene rings is 1. The van der Waals surface area contributed by atoms with Crippen molar-refractivity contribution in [3.8, 4) is 0 Å². The smallest absolute Gasteiger partial charge is 0.0639 e. The van der Waals surface area contributed by atoms with Gasteiger partial charge in [-0.2, -0.15) is 0 Å². The van der Waals surface area contributed by atoms with Crippen molar-refractivity contribution in [2.24, 2.45) is 0 Å². The SMILES string of the molecule is CNC1CCN(c2ccccc2Cl)C1(C)C. The third-order valence-electron chi connectivity index (χ3n) is 3.68. The maximum Gasteiger partial charge on any atom is 0.0639 e. The van der Waals surface area contributed by atoms with Crippen molar-refractivity contribution in [3.63, 3.8) is 0 Å². The molecule has 16 heavy (non-hydrogen) atoms. The molecular formula is C13H19ClN2. The van der Waals surface area contributed by atoms with E-state index in [1.807, 2.05) is 25.2 Å². The molecule has 0 radical (unpaired) electrons. The Hall–Kier alpha value is -0.730. The zero-order valence-electron chi connectivity index (χ0n) is 10.1. The van der Waals surface area contributed by atoms with Gasteiger partial charge in [0.05, 0.1) is 10.7 Å². The predicted octanol–water partition coefficient (Wildman–Crippen LogP) is 2.92. The molecule has 1 aromatic carbocycles. The van der Waals surface area contributed by atoms with Crippen molar-refractivity contribution < 1.29 is 0 Å². The van der Waals surface area contributed by atoms with Crippen LogP contribution >= 0.6 is 11.6 Å². The zero-order valence-corrected chi connectivity index (χ0v) is 10.9. The maximum absolute atomic E-state index is 6.26. The highest BCUT2D eigenvalue weighted by atomic mass is 35.5. The Kier molecular flexibility index (Phi) is 3.13. The third kappa shape index (κ3) is 1.80. The van der Waals surface area contributed by atoms with E-state index in [0.717, 1.165) is 23.7 Å². The molecule has 1 fully saturated rings. The van der Waals surface area contributed by atoms with Crippen LogP contribution in [0.4, 0.5) is 5.69 Å². The second kappa shape index (κ2) is 4.27. The van der Waals surface area contributed by atoms with Crippen molar-refractivity contribution in [2.45, 2.75) is 31.8 Å². The van der Waals surface area contributed by atoms with Crippen LogP contribution in [0.25, 0.3) is 0 Å². The highest BCUT2D eigenvalue weighted by molar-refractivity contribution is 6.33. The van der Waals surface area contributed by atoms with Gasteiger partial charge in [0.25, 0.3) is 0 Å². The minimum absolute atomic E-state index is 0.111. The van der Waals surface area contributed by atoms with Crippen LogP contribution < -0.4 is 10.2 Å². The Morgan fingerprint density at radius 2 is 2.06 bits per heavy atom. The summed E-state index contributed by atoms with van der Waals surface area (Å²) in [5, 5.41) is 4.23. The first-order chi connectivity index (χ1) is 7.57. The summed E-state index contributed by atoms with van der Waals surface area (Å²) in [5.74, 6) is 0. The molecule has 2 rings (SSSR count). The summed E-state index contributed by atoms with van der Waals surface area (Å²) in [7, 11) is 2.03. The second-order valence-corrected chi connectivity index (χ2v) is 5.29. The number of likely N-dealkylation sites (N-methyl/N-ethyl adjacent to an activating group) is 1. The molecule has 3 heteroatoms. The summed E-state index contributed by atoms with van der Waals surface area (Å²) in [6.07, 6.45) is 1.16. The van der Waals surface area contributed by atoms with Gasteiger partial charge < -0.3 is 10.2 Å². The van der Waals surface area contributed by atoms with Crippen LogP contribution in [0.1, 0.15) is 20.3 Å². The molecule has 88 valence electrons. The standard InChI is InChI=1S/C13H19ClN2/c1-13(2)12(15-3)8-9-16(13)11-7-5-4-6-10(11)14/h4-7,12,15H,8-9H2,1-3H3. The zero-order chi connectivity index (χ0) is 11.8. The minimum atomic E-state index is 0.111. The lowest BCUT2D eigenvalue weighted by molar-refractivity contribution is 0.403. The summed E-state index contributed by atoms with van der Waals surface area (Å²) in [5.41, 5.74) is 1.26. The van der Waals surface area contributed by atoms with E-state index < -0.39 is 0 Å². The molecule has 1 aliphatic rings. The van der Waals surface area contributed by atoms with Crippen LogP contribution in [0, 0.1) is 0 Å². The van der Waals surface area contributed by atoms with E-state index in [1.54, 1.807) is 0 Å². The first-order valence-electron chi connectivity index (χ1n) is 5.77. The molecule has 0 bridgehead atoms. The summed E-state index contributed by atoms with van der Waals surface area (Å²) in [6, 6.07) is 8.60. The lowest BCUT2D eigenvalue weighted by Gasteiger charge is -2.38. The monoisotopic (exact) mass is 238 g/mol. The largest absolute Gasteiger partial charge is 0.364 e. The van der Waals surface area contributed by atoms with Gasteiger partial charge in [0.2, 0.25) is 0 Å². The Labute approximate surface area is 103 Å². The average molecular weight is 239 g/mol. The van der Waals surface area contributed by atoms with Gasteiger partial charge in [-0.25, -0.2) is 0 Å². The van der Waals surface area contributed by atoms with Crippen molar-refractivity contribution in [1.82, 2.24) is 5.32 Å². The minimum Gasteiger partial charge on any atom is -0.364 e. The van der Waals surface area contributed by atoms with Gasteiger partial charge in [-0.15, -0.1) is 0 Å². The highest BCUT2D eigenvalue weighted by Crippen LogP contribution is 2.37. The molecule has 0 amide bonds. The number of hydrogen-bond acceptors (Lipinski definition) is 2. The molecule has 1 saturated heterocycles. The predicted molar refractivity (Wildman–Crippen MR) is 70.3 cm³/mol. The van der Waals surface area contributed by atoms with E-state index in [0.29, 0.717) is 6.04 Å². The topological polar surface area (TPSA) is 15.3 Å². The molecule has 0 spiro atoms. The number of anilines is 1. The van der Waals surface area contributed by atoms with Crippen LogP contribution in [0.2, 0.25) is 5.02 Å². The Morgan fingerprint density at radius 1 is 1.38 bits per heavy atom. The first-order valence-corrected chi connectivity index (χ1v) is 6.14. The van der Waals surface area contributed by atoms with Gasteiger partial charge in [0.1, 0.15) is 0 Å². The number of nitrogens with one attached hydrogen (secondary N) is 1. The summed E-state index contributed by atoms with van der Waals surface area (Å²) in [6.45, 7) is 5.59. The number of halogens is 1. The Morgan fingerprint density at radius 3 is 2.62 bits per heavy atom. The molecule has 0 aromatic heterocycles. The van der Waals surface area contributed by atoms with Gasteiger partial charge >= 0.3 is 0 Å². The van der Waals surface area contributed by atoms with Gasteiger partial charge in [0.15, 0.2) is 0 Å². The quantitative estimate of drug-likeness (QED) is 0.853. The Balaban J connectivity index is 2.33. The fraction of sp³-hybridized carbons (Fsp3) is 0.538. The van der Waals surface area contributed by atoms with Gasteiger partial charge in [-0.05, 0) is 39.4 Å². The van der Waals surface area contributed by atoms with E-state index in [1.165, 1.54) is 0 Å². The Bertz CT molecular complexity index is 376. The maximum atomic E-state index is 6.26. The molecule has 1 atom stereocenters. The van der Waals surface area contributed by atoms with Crippen LogP contribution in [0.3, 0.4) is 0 Å². The summed E-state index contributed by atoms with van der Waals surface area (Å²) >= 11 is 6.26. The summed E-state index contributed by atoms with van der Waals surface area (Å²) in [4.78, 5) is 2.40. The molecule has 1 aromatic rings. The van der Waals surface area contributed by atoms with Crippen molar-refractivity contribution in [2.75, 3.05) is 18.5 Å². The normalized spacial score (nSPS) is 23.8.